The summed E-state index contributed by atoms with van der Waals surface area (Å²) in [5, 5.41) is 13.2. The Morgan fingerprint density at radius 2 is 1.90 bits per heavy atom. The van der Waals surface area contributed by atoms with E-state index in [9.17, 15) is 13.2 Å². The zero-order valence-electron chi connectivity index (χ0n) is 12.2. The second-order valence-electron chi connectivity index (χ2n) is 4.65. The Hall–Kier alpha value is -1.64. The lowest BCUT2D eigenvalue weighted by Gasteiger charge is -2.13. The van der Waals surface area contributed by atoms with Crippen molar-refractivity contribution in [2.24, 2.45) is 5.14 Å². The molecule has 0 saturated carbocycles. The zero-order chi connectivity index (χ0) is 15.9. The molecule has 0 aliphatic rings. The summed E-state index contributed by atoms with van der Waals surface area (Å²) in [5.74, 6) is -0.292. The Balaban J connectivity index is 2.46. The first-order valence-electron chi connectivity index (χ1n) is 6.70. The van der Waals surface area contributed by atoms with E-state index in [1.54, 1.807) is 12.1 Å². The molecule has 1 aromatic carbocycles. The van der Waals surface area contributed by atoms with Crippen LogP contribution in [0.25, 0.3) is 0 Å². The number of rotatable bonds is 7. The summed E-state index contributed by atoms with van der Waals surface area (Å²) in [6.45, 7) is 4.96. The van der Waals surface area contributed by atoms with Gasteiger partial charge in [0.1, 0.15) is 0 Å². The van der Waals surface area contributed by atoms with Crippen molar-refractivity contribution in [1.82, 2.24) is 10.6 Å². The summed E-state index contributed by atoms with van der Waals surface area (Å²) in [4.78, 5) is 11.5. The Morgan fingerprint density at radius 1 is 1.29 bits per heavy atom. The van der Waals surface area contributed by atoms with Crippen molar-refractivity contribution in [2.75, 3.05) is 24.2 Å². The summed E-state index contributed by atoms with van der Waals surface area (Å²) in [6, 6.07) is 7.21. The van der Waals surface area contributed by atoms with Crippen molar-refractivity contribution in [3.8, 4) is 0 Å². The molecular weight excluding hydrogens is 292 g/mol. The van der Waals surface area contributed by atoms with Gasteiger partial charge in [-0.25, -0.2) is 18.4 Å². The number of sulfonamides is 1. The maximum absolute atomic E-state index is 11.5. The minimum Gasteiger partial charge on any atom is -0.337 e. The number of nitrogens with one attached hydrogen (secondary N) is 3. The molecule has 7 nitrogen and oxygen atoms in total. The number of carbonyl (C=O) groups is 1. The first-order chi connectivity index (χ1) is 9.81. The third kappa shape index (κ3) is 7.07. The van der Waals surface area contributed by atoms with Gasteiger partial charge in [0.2, 0.25) is 10.0 Å². The van der Waals surface area contributed by atoms with Crippen LogP contribution in [0.2, 0.25) is 0 Å². The zero-order valence-corrected chi connectivity index (χ0v) is 13.0. The SMILES string of the molecule is CCNC(C)c1ccc(NC(=O)NCCS(N)(=O)=O)cc1. The molecule has 21 heavy (non-hydrogen) atoms. The van der Waals surface area contributed by atoms with Crippen LogP contribution < -0.4 is 21.1 Å². The molecule has 1 aromatic rings. The lowest BCUT2D eigenvalue weighted by Crippen LogP contribution is -2.34. The van der Waals surface area contributed by atoms with Gasteiger partial charge in [-0.2, -0.15) is 0 Å². The maximum atomic E-state index is 11.5. The largest absolute Gasteiger partial charge is 0.337 e. The first-order valence-corrected chi connectivity index (χ1v) is 8.42. The van der Waals surface area contributed by atoms with E-state index in [1.807, 2.05) is 19.1 Å². The molecule has 118 valence electrons. The molecule has 1 rings (SSSR count). The number of amides is 2. The van der Waals surface area contributed by atoms with Gasteiger partial charge in [-0.15, -0.1) is 0 Å². The molecule has 0 aromatic heterocycles. The summed E-state index contributed by atoms with van der Waals surface area (Å²) < 4.78 is 21.5. The van der Waals surface area contributed by atoms with E-state index >= 15 is 0 Å². The van der Waals surface area contributed by atoms with Crippen molar-refractivity contribution in [3.63, 3.8) is 0 Å². The van der Waals surface area contributed by atoms with Gasteiger partial charge in [-0.1, -0.05) is 19.1 Å². The summed E-state index contributed by atoms with van der Waals surface area (Å²) in [7, 11) is -3.56. The lowest BCUT2D eigenvalue weighted by molar-refractivity contribution is 0.252. The summed E-state index contributed by atoms with van der Waals surface area (Å²) >= 11 is 0. The van der Waals surface area contributed by atoms with Crippen LogP contribution in [0.3, 0.4) is 0 Å². The summed E-state index contributed by atoms with van der Waals surface area (Å²) in [6.07, 6.45) is 0. The van der Waals surface area contributed by atoms with E-state index in [0.717, 1.165) is 12.1 Å². The van der Waals surface area contributed by atoms with E-state index in [1.165, 1.54) is 0 Å². The molecule has 0 radical (unpaired) electrons. The van der Waals surface area contributed by atoms with Gasteiger partial charge in [0.05, 0.1) is 5.75 Å². The van der Waals surface area contributed by atoms with Crippen LogP contribution in [0.1, 0.15) is 25.5 Å². The number of primary sulfonamides is 1. The van der Waals surface area contributed by atoms with Crippen LogP contribution in [0.15, 0.2) is 24.3 Å². The average Bonchev–Trinajstić information content (AvgIpc) is 2.38. The highest BCUT2D eigenvalue weighted by Crippen LogP contribution is 2.15. The van der Waals surface area contributed by atoms with Gasteiger partial charge in [-0.3, -0.25) is 0 Å². The van der Waals surface area contributed by atoms with Crippen LogP contribution >= 0.6 is 0 Å². The third-order valence-corrected chi connectivity index (χ3v) is 3.62. The molecule has 0 heterocycles. The van der Waals surface area contributed by atoms with Gasteiger partial charge < -0.3 is 16.0 Å². The van der Waals surface area contributed by atoms with Crippen molar-refractivity contribution < 1.29 is 13.2 Å². The molecule has 1 atom stereocenters. The van der Waals surface area contributed by atoms with E-state index in [-0.39, 0.29) is 18.3 Å². The Bertz CT molecular complexity index is 557. The molecule has 0 aliphatic carbocycles. The summed E-state index contributed by atoms with van der Waals surface area (Å²) in [5.41, 5.74) is 1.76. The van der Waals surface area contributed by atoms with Gasteiger partial charge >= 0.3 is 6.03 Å². The van der Waals surface area contributed by atoms with Crippen LogP contribution in [0.5, 0.6) is 0 Å². The minimum atomic E-state index is -3.56. The fourth-order valence-electron chi connectivity index (χ4n) is 1.76. The Kier molecular flexibility index (Phi) is 6.60. The van der Waals surface area contributed by atoms with E-state index < -0.39 is 16.1 Å². The van der Waals surface area contributed by atoms with Crippen LogP contribution in [0, 0.1) is 0 Å². The molecule has 0 aliphatic heterocycles. The van der Waals surface area contributed by atoms with Gasteiger partial charge in [0, 0.05) is 18.3 Å². The molecule has 1 unspecified atom stereocenters. The van der Waals surface area contributed by atoms with Crippen LogP contribution in [-0.4, -0.2) is 33.3 Å². The number of urea groups is 1. The van der Waals surface area contributed by atoms with Crippen molar-refractivity contribution in [2.45, 2.75) is 19.9 Å². The molecule has 8 heteroatoms. The second-order valence-corrected chi connectivity index (χ2v) is 6.38. The van der Waals surface area contributed by atoms with Crippen molar-refractivity contribution >= 4 is 21.7 Å². The van der Waals surface area contributed by atoms with E-state index in [0.29, 0.717) is 5.69 Å². The van der Waals surface area contributed by atoms with Crippen molar-refractivity contribution in [1.29, 1.82) is 0 Å². The topological polar surface area (TPSA) is 113 Å². The van der Waals surface area contributed by atoms with Crippen molar-refractivity contribution in [3.05, 3.63) is 29.8 Å². The number of hydrogen-bond donors (Lipinski definition) is 4. The molecule has 0 spiro atoms. The van der Waals surface area contributed by atoms with E-state index in [4.69, 9.17) is 5.14 Å². The Morgan fingerprint density at radius 3 is 2.43 bits per heavy atom. The number of nitrogens with two attached hydrogens (primary N) is 1. The number of anilines is 1. The predicted octanol–water partition coefficient (Wildman–Crippen LogP) is 0.767. The number of carbonyl (C=O) groups excluding carboxylic acids is 1. The van der Waals surface area contributed by atoms with Gasteiger partial charge in [-0.05, 0) is 31.2 Å². The lowest BCUT2D eigenvalue weighted by atomic mass is 10.1. The molecule has 0 fully saturated rings. The average molecular weight is 314 g/mol. The molecule has 5 N–H and O–H groups in total. The quantitative estimate of drug-likeness (QED) is 0.595. The normalized spacial score (nSPS) is 12.7. The molecule has 0 bridgehead atoms. The third-order valence-electron chi connectivity index (χ3n) is 2.85. The van der Waals surface area contributed by atoms with E-state index in [2.05, 4.69) is 22.9 Å². The fourth-order valence-corrected chi connectivity index (χ4v) is 2.15. The highest BCUT2D eigenvalue weighted by atomic mass is 32.2. The van der Waals surface area contributed by atoms with Gasteiger partial charge in [0.15, 0.2) is 0 Å². The van der Waals surface area contributed by atoms with Crippen LogP contribution in [-0.2, 0) is 10.0 Å². The molecule has 0 saturated heterocycles. The predicted molar refractivity (Wildman–Crippen MR) is 83.5 cm³/mol. The second kappa shape index (κ2) is 7.96. The Labute approximate surface area is 125 Å². The minimum absolute atomic E-state index is 0.0276. The standard InChI is InChI=1S/C13H22N4O3S/c1-3-15-10(2)11-4-6-12(7-5-11)17-13(18)16-8-9-21(14,19)20/h4-7,10,15H,3,8-9H2,1-2H3,(H2,14,19,20)(H2,16,17,18). The monoisotopic (exact) mass is 314 g/mol. The fraction of sp³-hybridized carbons (Fsp3) is 0.462. The van der Waals surface area contributed by atoms with Crippen LogP contribution in [0.4, 0.5) is 10.5 Å². The molecule has 2 amide bonds. The highest BCUT2D eigenvalue weighted by molar-refractivity contribution is 7.89. The number of hydrogen-bond acceptors (Lipinski definition) is 4. The highest BCUT2D eigenvalue weighted by Gasteiger charge is 2.06. The van der Waals surface area contributed by atoms with Gasteiger partial charge in [0.25, 0.3) is 0 Å². The first kappa shape index (κ1) is 17.4. The smallest absolute Gasteiger partial charge is 0.319 e. The molecular formula is C13H22N4O3S. The number of benzene rings is 1. The maximum Gasteiger partial charge on any atom is 0.319 e.